The molecule has 1 N–H and O–H groups in total. The molecule has 0 spiro atoms. The van der Waals surface area contributed by atoms with Crippen LogP contribution < -0.4 is 5.32 Å². The molecule has 3 rings (SSSR count). The largest absolute Gasteiger partial charge is 0.403 e. The minimum absolute atomic E-state index is 0.0103. The van der Waals surface area contributed by atoms with E-state index in [9.17, 15) is 13.2 Å². The Morgan fingerprint density at radius 3 is 2.44 bits per heavy atom. The molecule has 0 aliphatic carbocycles. The molecule has 1 amide bonds. The molecule has 7 nitrogen and oxygen atoms in total. The number of hydrogen-bond acceptors (Lipinski definition) is 6. The van der Waals surface area contributed by atoms with E-state index in [4.69, 9.17) is 27.6 Å². The van der Waals surface area contributed by atoms with E-state index in [1.165, 1.54) is 30.3 Å². The Morgan fingerprint density at radius 1 is 1.11 bits per heavy atom. The van der Waals surface area contributed by atoms with E-state index in [1.807, 2.05) is 0 Å². The monoisotopic (exact) mass is 425 g/mol. The van der Waals surface area contributed by atoms with Gasteiger partial charge in [0.1, 0.15) is 0 Å². The maximum Gasteiger partial charge on any atom is 0.322 e. The van der Waals surface area contributed by atoms with E-state index in [0.29, 0.717) is 10.6 Å². The molecule has 0 unspecified atom stereocenters. The van der Waals surface area contributed by atoms with Gasteiger partial charge in [0.25, 0.3) is 5.91 Å². The van der Waals surface area contributed by atoms with Gasteiger partial charge in [0, 0.05) is 10.6 Å². The summed E-state index contributed by atoms with van der Waals surface area (Å²) in [6.07, 6.45) is 0. The quantitative estimate of drug-likeness (QED) is 0.660. The molecule has 0 radical (unpaired) electrons. The molecule has 3 aromatic rings. The van der Waals surface area contributed by atoms with Gasteiger partial charge in [0.15, 0.2) is 9.84 Å². The summed E-state index contributed by atoms with van der Waals surface area (Å²) in [6.45, 7) is 1.57. The average molecular weight is 426 g/mol. The van der Waals surface area contributed by atoms with Crippen LogP contribution in [0.2, 0.25) is 10.0 Å². The third-order valence-electron chi connectivity index (χ3n) is 3.66. The van der Waals surface area contributed by atoms with E-state index in [2.05, 4.69) is 15.5 Å². The Morgan fingerprint density at radius 2 is 1.81 bits per heavy atom. The molecule has 1 heterocycles. The number of nitrogens with one attached hydrogen (secondary N) is 1. The second-order valence-electron chi connectivity index (χ2n) is 5.42. The molecular weight excluding hydrogens is 413 g/mol. The fraction of sp³-hybridized carbons (Fsp3) is 0.118. The summed E-state index contributed by atoms with van der Waals surface area (Å²) < 4.78 is 29.1. The summed E-state index contributed by atoms with van der Waals surface area (Å²) in [7, 11) is -3.29. The molecule has 10 heteroatoms. The standard InChI is InChI=1S/C17H13Cl2N3O4S/c1-2-27(24,25)12-6-3-10(4-7-12)16-21-22-17(26-16)20-15(23)13-8-5-11(18)9-14(13)19/h3-9H,2H2,1H3,(H,20,22,23). The van der Waals surface area contributed by atoms with Crippen LogP contribution in [-0.4, -0.2) is 30.3 Å². The molecule has 0 saturated heterocycles. The first-order valence-electron chi connectivity index (χ1n) is 7.73. The van der Waals surface area contributed by atoms with Crippen LogP contribution in [0, 0.1) is 0 Å². The van der Waals surface area contributed by atoms with E-state index < -0.39 is 15.7 Å². The predicted octanol–water partition coefficient (Wildman–Crippen LogP) is 4.09. The molecule has 0 atom stereocenters. The third-order valence-corrected chi connectivity index (χ3v) is 5.96. The first kappa shape index (κ1) is 19.3. The predicted molar refractivity (Wildman–Crippen MR) is 102 cm³/mol. The summed E-state index contributed by atoms with van der Waals surface area (Å²) in [6, 6.07) is 10.4. The van der Waals surface area contributed by atoms with Crippen molar-refractivity contribution >= 4 is 45.0 Å². The SMILES string of the molecule is CCS(=O)(=O)c1ccc(-c2nnc(NC(=O)c3ccc(Cl)cc3Cl)o2)cc1. The molecule has 0 aliphatic rings. The lowest BCUT2D eigenvalue weighted by Crippen LogP contribution is -2.12. The highest BCUT2D eigenvalue weighted by Gasteiger charge is 2.16. The number of benzene rings is 2. The summed E-state index contributed by atoms with van der Waals surface area (Å²) in [5.41, 5.74) is 0.720. The maximum absolute atomic E-state index is 12.2. The van der Waals surface area contributed by atoms with Crippen molar-refractivity contribution in [3.8, 4) is 11.5 Å². The Kier molecular flexibility index (Phi) is 5.50. The Bertz CT molecular complexity index is 1100. The second-order valence-corrected chi connectivity index (χ2v) is 8.54. The zero-order valence-corrected chi connectivity index (χ0v) is 16.3. The van der Waals surface area contributed by atoms with Crippen LogP contribution in [-0.2, 0) is 9.84 Å². The zero-order chi connectivity index (χ0) is 19.6. The second kappa shape index (κ2) is 7.67. The third kappa shape index (κ3) is 4.29. The molecule has 2 aromatic carbocycles. The van der Waals surface area contributed by atoms with Gasteiger partial charge in [0.05, 0.1) is 21.2 Å². The van der Waals surface area contributed by atoms with Crippen molar-refractivity contribution in [3.63, 3.8) is 0 Å². The number of rotatable bonds is 5. The number of halogens is 2. The lowest BCUT2D eigenvalue weighted by molar-refractivity contribution is 0.102. The minimum atomic E-state index is -3.29. The number of sulfone groups is 1. The first-order chi connectivity index (χ1) is 12.8. The number of anilines is 1. The van der Waals surface area contributed by atoms with Gasteiger partial charge in [-0.25, -0.2) is 8.42 Å². The van der Waals surface area contributed by atoms with Crippen LogP contribution in [0.1, 0.15) is 17.3 Å². The number of nitrogens with zero attached hydrogens (tertiary/aromatic N) is 2. The first-order valence-corrected chi connectivity index (χ1v) is 10.1. The molecule has 140 valence electrons. The lowest BCUT2D eigenvalue weighted by atomic mass is 10.2. The average Bonchev–Trinajstić information content (AvgIpc) is 3.10. The highest BCUT2D eigenvalue weighted by atomic mass is 35.5. The van der Waals surface area contributed by atoms with E-state index in [-0.39, 0.29) is 33.1 Å². The number of amides is 1. The minimum Gasteiger partial charge on any atom is -0.403 e. The van der Waals surface area contributed by atoms with Gasteiger partial charge < -0.3 is 4.42 Å². The summed E-state index contributed by atoms with van der Waals surface area (Å²) in [5, 5.41) is 10.6. The van der Waals surface area contributed by atoms with Crippen molar-refractivity contribution in [2.45, 2.75) is 11.8 Å². The summed E-state index contributed by atoms with van der Waals surface area (Å²) in [5.74, 6) is -0.389. The van der Waals surface area contributed by atoms with Crippen LogP contribution in [0.5, 0.6) is 0 Å². The van der Waals surface area contributed by atoms with Crippen molar-refractivity contribution in [2.75, 3.05) is 11.1 Å². The number of carbonyl (C=O) groups excluding carboxylic acids is 1. The number of aromatic nitrogens is 2. The van der Waals surface area contributed by atoms with Crippen molar-refractivity contribution in [3.05, 3.63) is 58.1 Å². The topological polar surface area (TPSA) is 102 Å². The molecule has 0 fully saturated rings. The van der Waals surface area contributed by atoms with Gasteiger partial charge in [-0.3, -0.25) is 10.1 Å². The van der Waals surface area contributed by atoms with Crippen LogP contribution in [0.25, 0.3) is 11.5 Å². The van der Waals surface area contributed by atoms with E-state index in [0.717, 1.165) is 0 Å². The molecular formula is C17H13Cl2N3O4S. The lowest BCUT2D eigenvalue weighted by Gasteiger charge is -2.03. The molecule has 0 aliphatic heterocycles. The normalized spacial score (nSPS) is 11.4. The van der Waals surface area contributed by atoms with Gasteiger partial charge in [-0.05, 0) is 42.5 Å². The number of carbonyl (C=O) groups is 1. The van der Waals surface area contributed by atoms with Crippen molar-refractivity contribution in [1.29, 1.82) is 0 Å². The molecule has 0 saturated carbocycles. The maximum atomic E-state index is 12.2. The highest BCUT2D eigenvalue weighted by molar-refractivity contribution is 7.91. The Labute approximate surface area is 165 Å². The fourth-order valence-corrected chi connectivity index (χ4v) is 3.58. The Balaban J connectivity index is 1.78. The smallest absolute Gasteiger partial charge is 0.322 e. The Hall–Kier alpha value is -2.42. The summed E-state index contributed by atoms with van der Waals surface area (Å²) >= 11 is 11.8. The van der Waals surface area contributed by atoms with Crippen molar-refractivity contribution < 1.29 is 17.6 Å². The van der Waals surface area contributed by atoms with Crippen LogP contribution >= 0.6 is 23.2 Å². The number of hydrogen-bond donors (Lipinski definition) is 1. The molecule has 1 aromatic heterocycles. The van der Waals surface area contributed by atoms with Gasteiger partial charge >= 0.3 is 6.01 Å². The van der Waals surface area contributed by atoms with E-state index in [1.54, 1.807) is 19.1 Å². The van der Waals surface area contributed by atoms with Gasteiger partial charge in [-0.2, -0.15) is 0 Å². The zero-order valence-electron chi connectivity index (χ0n) is 13.9. The fourth-order valence-electron chi connectivity index (χ4n) is 2.20. The van der Waals surface area contributed by atoms with Crippen molar-refractivity contribution in [2.24, 2.45) is 0 Å². The summed E-state index contributed by atoms with van der Waals surface area (Å²) in [4.78, 5) is 12.5. The molecule has 0 bridgehead atoms. The van der Waals surface area contributed by atoms with Gasteiger partial charge in [-0.1, -0.05) is 35.2 Å². The van der Waals surface area contributed by atoms with E-state index >= 15 is 0 Å². The molecule has 27 heavy (non-hydrogen) atoms. The van der Waals surface area contributed by atoms with Crippen LogP contribution in [0.15, 0.2) is 51.8 Å². The van der Waals surface area contributed by atoms with Gasteiger partial charge in [-0.15, -0.1) is 5.10 Å². The van der Waals surface area contributed by atoms with Crippen LogP contribution in [0.3, 0.4) is 0 Å². The highest BCUT2D eigenvalue weighted by Crippen LogP contribution is 2.24. The van der Waals surface area contributed by atoms with Gasteiger partial charge in [0.2, 0.25) is 5.89 Å². The van der Waals surface area contributed by atoms with Crippen LogP contribution in [0.4, 0.5) is 6.01 Å². The van der Waals surface area contributed by atoms with Crippen molar-refractivity contribution in [1.82, 2.24) is 10.2 Å².